The highest BCUT2D eigenvalue weighted by Gasteiger charge is 2.20. The smallest absolute Gasteiger partial charge is 0.263 e. The van der Waals surface area contributed by atoms with Gasteiger partial charge in [-0.15, -0.1) is 0 Å². The van der Waals surface area contributed by atoms with E-state index in [2.05, 4.69) is 17.1 Å². The molecule has 1 unspecified atom stereocenters. The Kier molecular flexibility index (Phi) is 6.98. The summed E-state index contributed by atoms with van der Waals surface area (Å²) < 4.78 is 4.86. The third-order valence-corrected chi connectivity index (χ3v) is 3.40. The molecule has 1 amide bonds. The van der Waals surface area contributed by atoms with Crippen LogP contribution in [-0.4, -0.2) is 43.7 Å². The van der Waals surface area contributed by atoms with Crippen molar-refractivity contribution in [1.29, 1.82) is 5.26 Å². The number of nitrogens with one attached hydrogen (secondary N) is 1. The Bertz CT molecular complexity index is 360. The first-order valence-corrected chi connectivity index (χ1v) is 6.87. The first-order chi connectivity index (χ1) is 9.22. The molecule has 1 saturated heterocycles. The Balaban J connectivity index is 2.63. The molecule has 0 bridgehead atoms. The number of rotatable bonds is 6. The van der Waals surface area contributed by atoms with Crippen LogP contribution in [0.3, 0.4) is 0 Å². The maximum atomic E-state index is 11.8. The third-order valence-electron chi connectivity index (χ3n) is 3.40. The summed E-state index contributed by atoms with van der Waals surface area (Å²) in [6.07, 6.45) is 6.24. The summed E-state index contributed by atoms with van der Waals surface area (Å²) in [7, 11) is 1.58. The molecule has 0 aromatic carbocycles. The first-order valence-electron chi connectivity index (χ1n) is 6.87. The van der Waals surface area contributed by atoms with E-state index in [9.17, 15) is 4.79 Å². The minimum absolute atomic E-state index is 0.177. The first kappa shape index (κ1) is 15.5. The summed E-state index contributed by atoms with van der Waals surface area (Å²) in [6.45, 7) is 3.94. The Labute approximate surface area is 115 Å². The number of carbonyl (C=O) groups is 1. The molecule has 0 spiro atoms. The van der Waals surface area contributed by atoms with Crippen LogP contribution in [0.5, 0.6) is 0 Å². The SMILES string of the molecule is CCC1CCCCN1/C=C(/C#N)C(=O)NCCOC. The van der Waals surface area contributed by atoms with Crippen molar-refractivity contribution in [3.05, 3.63) is 11.8 Å². The zero-order chi connectivity index (χ0) is 14.1. The quantitative estimate of drug-likeness (QED) is 0.448. The minimum Gasteiger partial charge on any atom is -0.383 e. The zero-order valence-electron chi connectivity index (χ0n) is 11.8. The number of hydrogen-bond donors (Lipinski definition) is 1. The lowest BCUT2D eigenvalue weighted by atomic mass is 10.0. The van der Waals surface area contributed by atoms with Crippen molar-refractivity contribution < 1.29 is 9.53 Å². The second kappa shape index (κ2) is 8.54. The molecule has 1 fully saturated rings. The van der Waals surface area contributed by atoms with Gasteiger partial charge in [-0.25, -0.2) is 0 Å². The van der Waals surface area contributed by atoms with Crippen molar-refractivity contribution in [2.45, 2.75) is 38.6 Å². The van der Waals surface area contributed by atoms with Gasteiger partial charge in [-0.05, 0) is 25.7 Å². The lowest BCUT2D eigenvalue weighted by Crippen LogP contribution is -2.36. The maximum absolute atomic E-state index is 11.8. The Morgan fingerprint density at radius 2 is 2.37 bits per heavy atom. The van der Waals surface area contributed by atoms with Crippen molar-refractivity contribution in [2.24, 2.45) is 0 Å². The van der Waals surface area contributed by atoms with Crippen LogP contribution in [0.15, 0.2) is 11.8 Å². The van der Waals surface area contributed by atoms with E-state index in [0.717, 1.165) is 25.8 Å². The van der Waals surface area contributed by atoms with Crippen LogP contribution >= 0.6 is 0 Å². The van der Waals surface area contributed by atoms with Gasteiger partial charge in [0.2, 0.25) is 0 Å². The summed E-state index contributed by atoms with van der Waals surface area (Å²) in [6, 6.07) is 2.44. The van der Waals surface area contributed by atoms with Gasteiger partial charge in [0, 0.05) is 32.4 Å². The Morgan fingerprint density at radius 3 is 3.00 bits per heavy atom. The summed E-state index contributed by atoms with van der Waals surface area (Å²) in [5, 5.41) is 11.8. The van der Waals surface area contributed by atoms with Gasteiger partial charge in [0.1, 0.15) is 11.6 Å². The van der Waals surface area contributed by atoms with Gasteiger partial charge >= 0.3 is 0 Å². The van der Waals surface area contributed by atoms with E-state index in [1.165, 1.54) is 6.42 Å². The topological polar surface area (TPSA) is 65.4 Å². The van der Waals surface area contributed by atoms with Gasteiger partial charge in [0.25, 0.3) is 5.91 Å². The van der Waals surface area contributed by atoms with Gasteiger partial charge in [0.05, 0.1) is 6.61 Å². The third kappa shape index (κ3) is 4.92. The molecule has 0 aromatic rings. The average molecular weight is 265 g/mol. The number of carbonyl (C=O) groups excluding carboxylic acids is 1. The van der Waals surface area contributed by atoms with Crippen LogP contribution in [0, 0.1) is 11.3 Å². The normalized spacial score (nSPS) is 19.9. The molecule has 1 heterocycles. The fourth-order valence-corrected chi connectivity index (χ4v) is 2.30. The van der Waals surface area contributed by atoms with Gasteiger partial charge in [-0.3, -0.25) is 4.79 Å². The number of piperidine rings is 1. The Hall–Kier alpha value is -1.54. The van der Waals surface area contributed by atoms with Crippen molar-refractivity contribution in [1.82, 2.24) is 10.2 Å². The molecule has 1 N–H and O–H groups in total. The van der Waals surface area contributed by atoms with Crippen molar-refractivity contribution in [2.75, 3.05) is 26.8 Å². The highest BCUT2D eigenvalue weighted by atomic mass is 16.5. The fraction of sp³-hybridized carbons (Fsp3) is 0.714. The van der Waals surface area contributed by atoms with Gasteiger partial charge < -0.3 is 15.0 Å². The summed E-state index contributed by atoms with van der Waals surface area (Å²) >= 11 is 0. The largest absolute Gasteiger partial charge is 0.383 e. The molecule has 5 nitrogen and oxygen atoms in total. The molecular formula is C14H23N3O2. The van der Waals surface area contributed by atoms with Gasteiger partial charge in [-0.2, -0.15) is 5.26 Å². The molecule has 0 aliphatic carbocycles. The van der Waals surface area contributed by atoms with Crippen LogP contribution in [0.25, 0.3) is 0 Å². The van der Waals surface area contributed by atoms with Crippen molar-refractivity contribution >= 4 is 5.91 Å². The van der Waals surface area contributed by atoms with Crippen LogP contribution < -0.4 is 5.32 Å². The fourth-order valence-electron chi connectivity index (χ4n) is 2.30. The predicted molar refractivity (Wildman–Crippen MR) is 73.2 cm³/mol. The summed E-state index contributed by atoms with van der Waals surface area (Å²) in [5.74, 6) is -0.319. The lowest BCUT2D eigenvalue weighted by Gasteiger charge is -2.34. The standard InChI is InChI=1S/C14H23N3O2/c1-3-13-6-4-5-8-17(13)11-12(10-15)14(18)16-7-9-19-2/h11,13H,3-9H2,1-2H3,(H,16,18)/b12-11-. The highest BCUT2D eigenvalue weighted by Crippen LogP contribution is 2.20. The van der Waals surface area contributed by atoms with E-state index in [4.69, 9.17) is 10.00 Å². The molecular weight excluding hydrogens is 242 g/mol. The van der Waals surface area contributed by atoms with Crippen LogP contribution in [0.4, 0.5) is 0 Å². The van der Waals surface area contributed by atoms with Crippen molar-refractivity contribution in [3.8, 4) is 6.07 Å². The minimum atomic E-state index is -0.319. The number of nitrogens with zero attached hydrogens (tertiary/aromatic N) is 2. The lowest BCUT2D eigenvalue weighted by molar-refractivity contribution is -0.117. The van der Waals surface area contributed by atoms with E-state index < -0.39 is 0 Å². The average Bonchev–Trinajstić information content (AvgIpc) is 2.45. The Morgan fingerprint density at radius 1 is 1.58 bits per heavy atom. The zero-order valence-corrected chi connectivity index (χ0v) is 11.8. The molecule has 1 rings (SSSR count). The molecule has 19 heavy (non-hydrogen) atoms. The van der Waals surface area contributed by atoms with Crippen molar-refractivity contribution in [3.63, 3.8) is 0 Å². The second-order valence-corrected chi connectivity index (χ2v) is 4.70. The van der Waals surface area contributed by atoms with Crippen LogP contribution in [-0.2, 0) is 9.53 Å². The number of nitriles is 1. The number of hydrogen-bond acceptors (Lipinski definition) is 4. The molecule has 0 aromatic heterocycles. The van der Waals surface area contributed by atoms with E-state index in [1.807, 2.05) is 6.07 Å². The molecule has 1 atom stereocenters. The summed E-state index contributed by atoms with van der Waals surface area (Å²) in [5.41, 5.74) is 0.177. The monoisotopic (exact) mass is 265 g/mol. The maximum Gasteiger partial charge on any atom is 0.263 e. The van der Waals surface area contributed by atoms with E-state index in [1.54, 1.807) is 13.3 Å². The second-order valence-electron chi connectivity index (χ2n) is 4.70. The number of likely N-dealkylation sites (tertiary alicyclic amines) is 1. The number of amides is 1. The van der Waals surface area contributed by atoms with Crippen LogP contribution in [0.1, 0.15) is 32.6 Å². The molecule has 0 radical (unpaired) electrons. The van der Waals surface area contributed by atoms with Gasteiger partial charge in [-0.1, -0.05) is 6.92 Å². The molecule has 106 valence electrons. The molecule has 1 aliphatic rings. The van der Waals surface area contributed by atoms with E-state index in [-0.39, 0.29) is 11.5 Å². The molecule has 0 saturated carbocycles. The summed E-state index contributed by atoms with van der Waals surface area (Å²) in [4.78, 5) is 14.0. The highest BCUT2D eigenvalue weighted by molar-refractivity contribution is 5.97. The number of methoxy groups -OCH3 is 1. The molecule has 5 heteroatoms. The number of ether oxygens (including phenoxy) is 1. The predicted octanol–water partition coefficient (Wildman–Crippen LogP) is 1.42. The molecule has 1 aliphatic heterocycles. The van der Waals surface area contributed by atoms with Gasteiger partial charge in [0.15, 0.2) is 0 Å². The van der Waals surface area contributed by atoms with E-state index in [0.29, 0.717) is 19.2 Å². The van der Waals surface area contributed by atoms with Crippen LogP contribution in [0.2, 0.25) is 0 Å². The van der Waals surface area contributed by atoms with E-state index >= 15 is 0 Å².